The molecule has 2 atom stereocenters. The van der Waals surface area contributed by atoms with E-state index in [2.05, 4.69) is 10.3 Å². The molecule has 0 aliphatic heterocycles. The predicted molar refractivity (Wildman–Crippen MR) is 85.4 cm³/mol. The van der Waals surface area contributed by atoms with Crippen LogP contribution in [0.3, 0.4) is 0 Å². The summed E-state index contributed by atoms with van der Waals surface area (Å²) in [5.41, 5.74) is 4.83. The number of hydrogen-bond acceptors (Lipinski definition) is 7. The lowest BCUT2D eigenvalue weighted by Gasteiger charge is -2.21. The standard InChI is InChI=1S/C15H23N3O6/c1-15(2,3)24-14(23)17-5-4-10(19)11(20)9-6-8(13(21)22)7-18-12(9)16/h6-7,10-11,19-20H,4-5H2,1-3H3,(H2,16,18)(H,17,23)(H,21,22). The maximum atomic E-state index is 11.5. The van der Waals surface area contributed by atoms with Gasteiger partial charge in [-0.3, -0.25) is 0 Å². The molecule has 0 spiro atoms. The minimum Gasteiger partial charge on any atom is -0.478 e. The van der Waals surface area contributed by atoms with Crippen molar-refractivity contribution < 1.29 is 29.6 Å². The number of ether oxygens (including phenoxy) is 1. The number of pyridine rings is 1. The van der Waals surface area contributed by atoms with Crippen molar-refractivity contribution in [3.63, 3.8) is 0 Å². The molecule has 6 N–H and O–H groups in total. The molecule has 9 heteroatoms. The third-order valence-electron chi connectivity index (χ3n) is 2.99. The maximum absolute atomic E-state index is 11.5. The van der Waals surface area contributed by atoms with Crippen LogP contribution in [0.25, 0.3) is 0 Å². The predicted octanol–water partition coefficient (Wildman–Crippen LogP) is 0.671. The molecule has 9 nitrogen and oxygen atoms in total. The van der Waals surface area contributed by atoms with Crippen LogP contribution in [0.4, 0.5) is 10.6 Å². The summed E-state index contributed by atoms with van der Waals surface area (Å²) in [6, 6.07) is 1.15. The zero-order valence-corrected chi connectivity index (χ0v) is 13.8. The maximum Gasteiger partial charge on any atom is 0.407 e. The van der Waals surface area contributed by atoms with Gasteiger partial charge < -0.3 is 31.1 Å². The number of aromatic carboxylic acids is 1. The van der Waals surface area contributed by atoms with Crippen LogP contribution in [0.15, 0.2) is 12.3 Å². The largest absolute Gasteiger partial charge is 0.478 e. The van der Waals surface area contributed by atoms with Crippen molar-refractivity contribution in [1.82, 2.24) is 10.3 Å². The Morgan fingerprint density at radius 3 is 2.54 bits per heavy atom. The first kappa shape index (κ1) is 19.7. The molecule has 0 radical (unpaired) electrons. The number of amides is 1. The summed E-state index contributed by atoms with van der Waals surface area (Å²) in [7, 11) is 0. The Labute approximate surface area is 139 Å². The van der Waals surface area contributed by atoms with Gasteiger partial charge in [-0.25, -0.2) is 14.6 Å². The van der Waals surface area contributed by atoms with Crippen molar-refractivity contribution in [1.29, 1.82) is 0 Å². The van der Waals surface area contributed by atoms with E-state index in [0.717, 1.165) is 12.3 Å². The van der Waals surface area contributed by atoms with Crippen molar-refractivity contribution in [2.75, 3.05) is 12.3 Å². The number of nitrogens with two attached hydrogens (primary N) is 1. The summed E-state index contributed by atoms with van der Waals surface area (Å²) in [6.45, 7) is 5.21. The van der Waals surface area contributed by atoms with E-state index < -0.39 is 29.9 Å². The minimum absolute atomic E-state index is 0.0111. The van der Waals surface area contributed by atoms with Gasteiger partial charge >= 0.3 is 12.1 Å². The Kier molecular flexibility index (Phi) is 6.50. The highest BCUT2D eigenvalue weighted by Crippen LogP contribution is 2.24. The fourth-order valence-electron chi connectivity index (χ4n) is 1.85. The average Bonchev–Trinajstić information content (AvgIpc) is 2.44. The first-order valence-electron chi connectivity index (χ1n) is 7.33. The Balaban J connectivity index is 2.62. The molecule has 0 aliphatic rings. The third-order valence-corrected chi connectivity index (χ3v) is 2.99. The van der Waals surface area contributed by atoms with E-state index in [1.165, 1.54) is 0 Å². The average molecular weight is 341 g/mol. The van der Waals surface area contributed by atoms with E-state index in [0.29, 0.717) is 0 Å². The third kappa shape index (κ3) is 6.01. The van der Waals surface area contributed by atoms with Crippen LogP contribution < -0.4 is 11.1 Å². The van der Waals surface area contributed by atoms with Crippen LogP contribution in [-0.4, -0.2) is 50.6 Å². The number of hydrogen-bond donors (Lipinski definition) is 5. The fraction of sp³-hybridized carbons (Fsp3) is 0.533. The zero-order chi connectivity index (χ0) is 18.5. The molecule has 1 amide bonds. The normalized spacial score (nSPS) is 13.9. The van der Waals surface area contributed by atoms with Gasteiger partial charge in [0.1, 0.15) is 17.5 Å². The lowest BCUT2D eigenvalue weighted by atomic mass is 10.0. The van der Waals surface area contributed by atoms with Gasteiger partial charge in [0.25, 0.3) is 0 Å². The Hall–Kier alpha value is -2.39. The summed E-state index contributed by atoms with van der Waals surface area (Å²) in [5, 5.41) is 31.5. The Bertz CT molecular complexity index is 599. The Morgan fingerprint density at radius 2 is 2.00 bits per heavy atom. The van der Waals surface area contributed by atoms with E-state index in [1.54, 1.807) is 20.8 Å². The molecule has 1 heterocycles. The van der Waals surface area contributed by atoms with Crippen molar-refractivity contribution in [2.45, 2.75) is 45.0 Å². The molecule has 0 aromatic carbocycles. The second kappa shape index (κ2) is 7.93. The summed E-state index contributed by atoms with van der Waals surface area (Å²) >= 11 is 0. The number of nitrogen functional groups attached to an aromatic ring is 1. The second-order valence-corrected chi connectivity index (χ2v) is 6.23. The smallest absolute Gasteiger partial charge is 0.407 e. The summed E-state index contributed by atoms with van der Waals surface area (Å²) in [4.78, 5) is 26.1. The number of aliphatic hydroxyl groups is 2. The highest BCUT2D eigenvalue weighted by Gasteiger charge is 2.23. The van der Waals surface area contributed by atoms with Crippen molar-refractivity contribution >= 4 is 17.9 Å². The summed E-state index contributed by atoms with van der Waals surface area (Å²) in [5.74, 6) is -1.30. The zero-order valence-electron chi connectivity index (χ0n) is 13.8. The number of aliphatic hydroxyl groups excluding tert-OH is 2. The van der Waals surface area contributed by atoms with Crippen LogP contribution in [0.1, 0.15) is 49.2 Å². The van der Waals surface area contributed by atoms with Crippen molar-refractivity contribution in [2.24, 2.45) is 0 Å². The summed E-state index contributed by atoms with van der Waals surface area (Å²) < 4.78 is 5.04. The molecule has 24 heavy (non-hydrogen) atoms. The molecular formula is C15H23N3O6. The number of nitrogens with zero attached hydrogens (tertiary/aromatic N) is 1. The van der Waals surface area contributed by atoms with Crippen LogP contribution >= 0.6 is 0 Å². The first-order valence-corrected chi connectivity index (χ1v) is 7.33. The number of anilines is 1. The first-order chi connectivity index (χ1) is 11.0. The van der Waals surface area contributed by atoms with Gasteiger partial charge in [-0.05, 0) is 33.3 Å². The van der Waals surface area contributed by atoms with Gasteiger partial charge in [-0.1, -0.05) is 0 Å². The van der Waals surface area contributed by atoms with Crippen molar-refractivity contribution in [3.8, 4) is 0 Å². The molecule has 2 unspecified atom stereocenters. The number of carbonyl (C=O) groups is 2. The number of carboxylic acid groups (broad SMARTS) is 1. The molecule has 1 rings (SSSR count). The van der Waals surface area contributed by atoms with Crippen LogP contribution in [-0.2, 0) is 4.74 Å². The molecule has 0 saturated heterocycles. The van der Waals surface area contributed by atoms with Gasteiger partial charge in [0.05, 0.1) is 11.7 Å². The number of nitrogens with one attached hydrogen (secondary N) is 1. The number of carboxylic acids is 1. The lowest BCUT2D eigenvalue weighted by Crippen LogP contribution is -2.34. The van der Waals surface area contributed by atoms with E-state index in [1.807, 2.05) is 0 Å². The van der Waals surface area contributed by atoms with Gasteiger partial charge in [0, 0.05) is 18.3 Å². The highest BCUT2D eigenvalue weighted by molar-refractivity contribution is 5.87. The van der Waals surface area contributed by atoms with Gasteiger partial charge in [-0.2, -0.15) is 0 Å². The molecule has 1 aromatic heterocycles. The quantitative estimate of drug-likeness (QED) is 0.505. The topological polar surface area (TPSA) is 155 Å². The monoisotopic (exact) mass is 341 g/mol. The Morgan fingerprint density at radius 1 is 1.38 bits per heavy atom. The summed E-state index contributed by atoms with van der Waals surface area (Å²) in [6.07, 6.45) is -2.27. The van der Waals surface area contributed by atoms with Gasteiger partial charge in [0.2, 0.25) is 0 Å². The second-order valence-electron chi connectivity index (χ2n) is 6.23. The highest BCUT2D eigenvalue weighted by atomic mass is 16.6. The van der Waals surface area contributed by atoms with E-state index in [4.69, 9.17) is 15.6 Å². The molecule has 134 valence electrons. The van der Waals surface area contributed by atoms with Crippen LogP contribution in [0.2, 0.25) is 0 Å². The minimum atomic E-state index is -1.43. The van der Waals surface area contributed by atoms with E-state index in [-0.39, 0.29) is 29.9 Å². The number of alkyl carbamates (subject to hydrolysis) is 1. The number of rotatable bonds is 6. The number of aromatic nitrogens is 1. The molecule has 0 aliphatic carbocycles. The lowest BCUT2D eigenvalue weighted by molar-refractivity contribution is 0.0124. The molecule has 0 bridgehead atoms. The molecule has 0 saturated carbocycles. The fourth-order valence-corrected chi connectivity index (χ4v) is 1.85. The van der Waals surface area contributed by atoms with Gasteiger partial charge in [-0.15, -0.1) is 0 Å². The van der Waals surface area contributed by atoms with Crippen LogP contribution in [0.5, 0.6) is 0 Å². The van der Waals surface area contributed by atoms with Crippen LogP contribution in [0, 0.1) is 0 Å². The van der Waals surface area contributed by atoms with Crippen molar-refractivity contribution in [3.05, 3.63) is 23.4 Å². The van der Waals surface area contributed by atoms with E-state index >= 15 is 0 Å². The molecule has 0 fully saturated rings. The van der Waals surface area contributed by atoms with E-state index in [9.17, 15) is 19.8 Å². The SMILES string of the molecule is CC(C)(C)OC(=O)NCCC(O)C(O)c1cc(C(=O)O)cnc1N. The van der Waals surface area contributed by atoms with Gasteiger partial charge in [0.15, 0.2) is 0 Å². The molecule has 1 aromatic rings. The number of carbonyl (C=O) groups excluding carboxylic acids is 1. The molecular weight excluding hydrogens is 318 g/mol.